The molecule has 32 heavy (non-hydrogen) atoms. The maximum absolute atomic E-state index is 13.0. The fraction of sp³-hybridized carbons (Fsp3) is 0.333. The van der Waals surface area contributed by atoms with Gasteiger partial charge in [0.1, 0.15) is 28.9 Å². The molecule has 168 valence electrons. The van der Waals surface area contributed by atoms with Crippen LogP contribution in [0.3, 0.4) is 0 Å². The van der Waals surface area contributed by atoms with E-state index in [0.717, 1.165) is 43.2 Å². The largest absolute Gasteiger partial charge is 0.495 e. The van der Waals surface area contributed by atoms with Gasteiger partial charge in [0.05, 0.1) is 18.5 Å². The Morgan fingerprint density at radius 1 is 1.19 bits per heavy atom. The van der Waals surface area contributed by atoms with Crippen LogP contribution in [0.1, 0.15) is 23.5 Å². The second-order valence-electron chi connectivity index (χ2n) is 7.72. The van der Waals surface area contributed by atoms with Crippen LogP contribution in [0.2, 0.25) is 0 Å². The zero-order chi connectivity index (χ0) is 22.3. The number of likely N-dealkylation sites (tertiary alicyclic amines) is 1. The number of thiazole rings is 1. The molecule has 0 bridgehead atoms. The Kier molecular flexibility index (Phi) is 7.34. The minimum atomic E-state index is -0.282. The molecule has 1 aromatic heterocycles. The van der Waals surface area contributed by atoms with Gasteiger partial charge in [0, 0.05) is 17.8 Å². The predicted octanol–water partition coefficient (Wildman–Crippen LogP) is 4.72. The summed E-state index contributed by atoms with van der Waals surface area (Å²) >= 11 is 1.56. The number of ether oxygens (including phenoxy) is 2. The molecule has 1 saturated heterocycles. The van der Waals surface area contributed by atoms with Gasteiger partial charge in [-0.05, 0) is 62.3 Å². The molecule has 1 N–H and O–H groups in total. The predicted molar refractivity (Wildman–Crippen MR) is 122 cm³/mol. The van der Waals surface area contributed by atoms with Crippen molar-refractivity contribution in [2.75, 3.05) is 25.5 Å². The molecule has 1 aliphatic rings. The molecule has 3 aromatic rings. The highest BCUT2D eigenvalue weighted by Crippen LogP contribution is 2.26. The van der Waals surface area contributed by atoms with Crippen LogP contribution in [0.25, 0.3) is 0 Å². The van der Waals surface area contributed by atoms with E-state index in [1.54, 1.807) is 30.6 Å². The summed E-state index contributed by atoms with van der Waals surface area (Å²) in [7, 11) is 1.60. The van der Waals surface area contributed by atoms with Crippen LogP contribution < -0.4 is 14.8 Å². The van der Waals surface area contributed by atoms with Gasteiger partial charge < -0.3 is 14.8 Å². The SMILES string of the molecule is COc1ccccc1NC(=O)C1CCN(Cc2csc(COc3ccc(F)cc3)n2)CC1. The Labute approximate surface area is 191 Å². The number of methoxy groups -OCH3 is 1. The first-order chi connectivity index (χ1) is 15.6. The maximum Gasteiger partial charge on any atom is 0.227 e. The second-order valence-corrected chi connectivity index (χ2v) is 8.66. The molecule has 8 heteroatoms. The zero-order valence-electron chi connectivity index (χ0n) is 17.9. The van der Waals surface area contributed by atoms with Gasteiger partial charge in [0.25, 0.3) is 0 Å². The van der Waals surface area contributed by atoms with Crippen molar-refractivity contribution in [3.05, 3.63) is 70.4 Å². The fourth-order valence-corrected chi connectivity index (χ4v) is 4.43. The van der Waals surface area contributed by atoms with E-state index in [1.165, 1.54) is 12.1 Å². The number of carbonyl (C=O) groups excluding carboxylic acids is 1. The molecule has 1 amide bonds. The highest BCUT2D eigenvalue weighted by molar-refractivity contribution is 7.09. The van der Waals surface area contributed by atoms with Crippen LogP contribution in [0.15, 0.2) is 53.9 Å². The van der Waals surface area contributed by atoms with Crippen LogP contribution >= 0.6 is 11.3 Å². The number of benzene rings is 2. The van der Waals surface area contributed by atoms with E-state index in [1.807, 2.05) is 29.6 Å². The third-order valence-electron chi connectivity index (χ3n) is 5.48. The summed E-state index contributed by atoms with van der Waals surface area (Å²) in [6.45, 7) is 2.82. The van der Waals surface area contributed by atoms with Crippen LogP contribution in [0.5, 0.6) is 11.5 Å². The third kappa shape index (κ3) is 5.83. The van der Waals surface area contributed by atoms with E-state index in [-0.39, 0.29) is 17.6 Å². The quantitative estimate of drug-likeness (QED) is 0.533. The summed E-state index contributed by atoms with van der Waals surface area (Å²) in [5.74, 6) is 1.04. The van der Waals surface area contributed by atoms with Gasteiger partial charge >= 0.3 is 0 Å². The monoisotopic (exact) mass is 455 g/mol. The van der Waals surface area contributed by atoms with E-state index in [9.17, 15) is 9.18 Å². The smallest absolute Gasteiger partial charge is 0.227 e. The van der Waals surface area contributed by atoms with Gasteiger partial charge in [-0.15, -0.1) is 11.3 Å². The van der Waals surface area contributed by atoms with Crippen LogP contribution in [0, 0.1) is 11.7 Å². The fourth-order valence-electron chi connectivity index (χ4n) is 3.73. The van der Waals surface area contributed by atoms with Crippen molar-refractivity contribution in [3.8, 4) is 11.5 Å². The van der Waals surface area contributed by atoms with E-state index >= 15 is 0 Å². The molecule has 4 rings (SSSR count). The Morgan fingerprint density at radius 2 is 1.94 bits per heavy atom. The Balaban J connectivity index is 1.23. The molecule has 1 fully saturated rings. The molecule has 0 atom stereocenters. The molecule has 0 unspecified atom stereocenters. The van der Waals surface area contributed by atoms with Crippen molar-refractivity contribution in [1.82, 2.24) is 9.88 Å². The molecule has 1 aliphatic heterocycles. The number of hydrogen-bond donors (Lipinski definition) is 1. The molecule has 6 nitrogen and oxygen atoms in total. The zero-order valence-corrected chi connectivity index (χ0v) is 18.7. The number of nitrogens with zero attached hydrogens (tertiary/aromatic N) is 2. The molecule has 2 heterocycles. The van der Waals surface area contributed by atoms with Crippen LogP contribution in [-0.4, -0.2) is 36.0 Å². The van der Waals surface area contributed by atoms with Gasteiger partial charge in [-0.3, -0.25) is 9.69 Å². The van der Waals surface area contributed by atoms with Gasteiger partial charge in [0.2, 0.25) is 5.91 Å². The van der Waals surface area contributed by atoms with E-state index < -0.39 is 0 Å². The highest BCUT2D eigenvalue weighted by atomic mass is 32.1. The van der Waals surface area contributed by atoms with E-state index in [4.69, 9.17) is 9.47 Å². The molecular weight excluding hydrogens is 429 g/mol. The molecule has 2 aromatic carbocycles. The number of rotatable bonds is 8. The maximum atomic E-state index is 13.0. The van der Waals surface area contributed by atoms with Crippen LogP contribution in [-0.2, 0) is 17.9 Å². The van der Waals surface area contributed by atoms with Crippen molar-refractivity contribution >= 4 is 22.9 Å². The molecular formula is C24H26FN3O3S. The van der Waals surface area contributed by atoms with Crippen molar-refractivity contribution in [1.29, 1.82) is 0 Å². The highest BCUT2D eigenvalue weighted by Gasteiger charge is 2.26. The Hall–Kier alpha value is -2.97. The van der Waals surface area contributed by atoms with Crippen molar-refractivity contribution in [2.45, 2.75) is 26.0 Å². The summed E-state index contributed by atoms with van der Waals surface area (Å²) in [4.78, 5) is 19.7. The lowest BCUT2D eigenvalue weighted by molar-refractivity contribution is -0.121. The number of piperidine rings is 1. The van der Waals surface area contributed by atoms with Crippen molar-refractivity contribution < 1.29 is 18.7 Å². The number of carbonyl (C=O) groups is 1. The number of anilines is 1. The Bertz CT molecular complexity index is 1030. The number of aromatic nitrogens is 1. The lowest BCUT2D eigenvalue weighted by Crippen LogP contribution is -2.37. The molecule has 0 saturated carbocycles. The number of hydrogen-bond acceptors (Lipinski definition) is 6. The minimum absolute atomic E-state index is 0.00809. The summed E-state index contributed by atoms with van der Waals surface area (Å²) < 4.78 is 24.0. The summed E-state index contributed by atoms with van der Waals surface area (Å²) in [6, 6.07) is 13.4. The second kappa shape index (κ2) is 10.6. The average Bonchev–Trinajstić information content (AvgIpc) is 3.27. The van der Waals surface area contributed by atoms with Crippen molar-refractivity contribution in [2.24, 2.45) is 5.92 Å². The first-order valence-corrected chi connectivity index (χ1v) is 11.5. The first kappa shape index (κ1) is 22.2. The van der Waals surface area contributed by atoms with Gasteiger partial charge in [-0.2, -0.15) is 0 Å². The lowest BCUT2D eigenvalue weighted by atomic mass is 9.95. The van der Waals surface area contributed by atoms with Crippen molar-refractivity contribution in [3.63, 3.8) is 0 Å². The Morgan fingerprint density at radius 3 is 2.69 bits per heavy atom. The van der Waals surface area contributed by atoms with Gasteiger partial charge in [-0.25, -0.2) is 9.37 Å². The standard InChI is InChI=1S/C24H26FN3O3S/c1-30-22-5-3-2-4-21(22)27-24(29)17-10-12-28(13-11-17)14-19-16-32-23(26-19)15-31-20-8-6-18(25)7-9-20/h2-9,16-17H,10-15H2,1H3,(H,27,29). The van der Waals surface area contributed by atoms with E-state index in [0.29, 0.717) is 23.8 Å². The van der Waals surface area contributed by atoms with Crippen LogP contribution in [0.4, 0.5) is 10.1 Å². The minimum Gasteiger partial charge on any atom is -0.495 e. The molecule has 0 radical (unpaired) electrons. The third-order valence-corrected chi connectivity index (χ3v) is 6.36. The van der Waals surface area contributed by atoms with E-state index in [2.05, 4.69) is 15.2 Å². The number of halogens is 1. The molecule has 0 spiro atoms. The van der Waals surface area contributed by atoms with Gasteiger partial charge in [0.15, 0.2) is 0 Å². The number of nitrogens with one attached hydrogen (secondary N) is 1. The summed E-state index contributed by atoms with van der Waals surface area (Å²) in [5.41, 5.74) is 1.71. The topological polar surface area (TPSA) is 63.7 Å². The summed E-state index contributed by atoms with van der Waals surface area (Å²) in [5, 5.41) is 5.93. The average molecular weight is 456 g/mol. The number of para-hydroxylation sites is 2. The van der Waals surface area contributed by atoms with Gasteiger partial charge in [-0.1, -0.05) is 12.1 Å². The lowest BCUT2D eigenvalue weighted by Gasteiger charge is -2.30. The normalized spacial score (nSPS) is 14.8. The molecule has 0 aliphatic carbocycles. The first-order valence-electron chi connectivity index (χ1n) is 10.6. The summed E-state index contributed by atoms with van der Waals surface area (Å²) in [6.07, 6.45) is 1.62. The number of amides is 1.